The summed E-state index contributed by atoms with van der Waals surface area (Å²) in [5.74, 6) is 2.98. The van der Waals surface area contributed by atoms with Gasteiger partial charge in [0.2, 0.25) is 6.79 Å². The summed E-state index contributed by atoms with van der Waals surface area (Å²) in [5.41, 5.74) is 3.22. The first-order valence-electron chi connectivity index (χ1n) is 7.05. The van der Waals surface area contributed by atoms with Crippen LogP contribution in [-0.2, 0) is 0 Å². The smallest absolute Gasteiger partial charge is 0.231 e. The maximum absolute atomic E-state index is 5.46. The van der Waals surface area contributed by atoms with E-state index >= 15 is 0 Å². The highest BCUT2D eigenvalue weighted by molar-refractivity contribution is 5.81. The van der Waals surface area contributed by atoms with E-state index in [-0.39, 0.29) is 6.79 Å². The maximum Gasteiger partial charge on any atom is 0.231 e. The lowest BCUT2D eigenvalue weighted by Gasteiger charge is -2.12. The predicted molar refractivity (Wildman–Crippen MR) is 84.9 cm³/mol. The molecule has 0 aliphatic carbocycles. The molecule has 0 saturated heterocycles. The average Bonchev–Trinajstić information content (AvgIpc) is 3.03. The second-order valence-corrected chi connectivity index (χ2v) is 4.84. The molecule has 1 heterocycles. The SMILES string of the molecule is CC=C(c1ccc(OC)c(OC)c1)c1ccc2c(c1)OCO2. The minimum absolute atomic E-state index is 0.278. The van der Waals surface area contributed by atoms with Crippen LogP contribution in [0.25, 0.3) is 5.57 Å². The van der Waals surface area contributed by atoms with Gasteiger partial charge in [-0.2, -0.15) is 0 Å². The Morgan fingerprint density at radius 1 is 0.909 bits per heavy atom. The summed E-state index contributed by atoms with van der Waals surface area (Å²) in [7, 11) is 3.27. The van der Waals surface area contributed by atoms with Crippen LogP contribution >= 0.6 is 0 Å². The van der Waals surface area contributed by atoms with Crippen LogP contribution in [0.15, 0.2) is 42.5 Å². The van der Waals surface area contributed by atoms with Gasteiger partial charge in [0.1, 0.15) is 0 Å². The highest BCUT2D eigenvalue weighted by atomic mass is 16.7. The van der Waals surface area contributed by atoms with Crippen molar-refractivity contribution in [3.05, 3.63) is 53.6 Å². The number of hydrogen-bond acceptors (Lipinski definition) is 4. The van der Waals surface area contributed by atoms with Crippen molar-refractivity contribution < 1.29 is 18.9 Å². The van der Waals surface area contributed by atoms with E-state index in [0.29, 0.717) is 11.5 Å². The largest absolute Gasteiger partial charge is 0.493 e. The minimum Gasteiger partial charge on any atom is -0.493 e. The summed E-state index contributed by atoms with van der Waals surface area (Å²) in [6.07, 6.45) is 2.07. The number of fused-ring (bicyclic) bond motifs is 1. The number of hydrogen-bond donors (Lipinski definition) is 0. The highest BCUT2D eigenvalue weighted by Crippen LogP contribution is 2.37. The Kier molecular flexibility index (Phi) is 3.92. The first-order valence-corrected chi connectivity index (χ1v) is 7.05. The fraction of sp³-hybridized carbons (Fsp3) is 0.222. The molecule has 0 amide bonds. The van der Waals surface area contributed by atoms with Crippen LogP contribution < -0.4 is 18.9 Å². The minimum atomic E-state index is 0.278. The standard InChI is InChI=1S/C18H18O4/c1-4-14(12-5-7-15(19-2)17(9-12)20-3)13-6-8-16-18(10-13)22-11-21-16/h4-10H,11H2,1-3H3. The summed E-state index contributed by atoms with van der Waals surface area (Å²) in [4.78, 5) is 0. The molecule has 0 saturated carbocycles. The lowest BCUT2D eigenvalue weighted by molar-refractivity contribution is 0.174. The van der Waals surface area contributed by atoms with Gasteiger partial charge in [-0.25, -0.2) is 0 Å². The van der Waals surface area contributed by atoms with Gasteiger partial charge in [-0.1, -0.05) is 18.2 Å². The van der Waals surface area contributed by atoms with Crippen LogP contribution in [-0.4, -0.2) is 21.0 Å². The quantitative estimate of drug-likeness (QED) is 0.858. The molecule has 0 unspecified atom stereocenters. The molecule has 0 aromatic heterocycles. The van der Waals surface area contributed by atoms with Gasteiger partial charge in [0.25, 0.3) is 0 Å². The highest BCUT2D eigenvalue weighted by Gasteiger charge is 2.16. The number of methoxy groups -OCH3 is 2. The van der Waals surface area contributed by atoms with E-state index in [2.05, 4.69) is 6.08 Å². The summed E-state index contributed by atoms with van der Waals surface area (Å²) >= 11 is 0. The van der Waals surface area contributed by atoms with Crippen LogP contribution in [0.3, 0.4) is 0 Å². The van der Waals surface area contributed by atoms with E-state index in [0.717, 1.165) is 28.2 Å². The van der Waals surface area contributed by atoms with E-state index < -0.39 is 0 Å². The van der Waals surface area contributed by atoms with Gasteiger partial charge >= 0.3 is 0 Å². The number of allylic oxidation sites excluding steroid dienone is 1. The Bertz CT molecular complexity index is 719. The molecule has 22 heavy (non-hydrogen) atoms. The van der Waals surface area contributed by atoms with E-state index in [9.17, 15) is 0 Å². The molecular formula is C18H18O4. The molecule has 0 N–H and O–H groups in total. The molecule has 3 rings (SSSR count). The predicted octanol–water partition coefficient (Wildman–Crippen LogP) is 3.88. The van der Waals surface area contributed by atoms with Gasteiger partial charge in [-0.15, -0.1) is 0 Å². The lowest BCUT2D eigenvalue weighted by atomic mass is 9.97. The maximum atomic E-state index is 5.46. The molecule has 0 fully saturated rings. The molecule has 0 radical (unpaired) electrons. The average molecular weight is 298 g/mol. The van der Waals surface area contributed by atoms with Gasteiger partial charge in [0, 0.05) is 0 Å². The molecule has 0 atom stereocenters. The van der Waals surface area contributed by atoms with Gasteiger partial charge in [-0.3, -0.25) is 0 Å². The second-order valence-electron chi connectivity index (χ2n) is 4.84. The Balaban J connectivity index is 2.01. The van der Waals surface area contributed by atoms with Crippen molar-refractivity contribution in [2.75, 3.05) is 21.0 Å². The van der Waals surface area contributed by atoms with Crippen LogP contribution in [0.2, 0.25) is 0 Å². The Morgan fingerprint density at radius 3 is 2.32 bits per heavy atom. The Hall–Kier alpha value is -2.62. The Labute approximate surface area is 129 Å². The third-order valence-corrected chi connectivity index (χ3v) is 3.67. The molecule has 1 aliphatic heterocycles. The van der Waals surface area contributed by atoms with E-state index in [1.807, 2.05) is 43.3 Å². The number of ether oxygens (including phenoxy) is 4. The summed E-state index contributed by atoms with van der Waals surface area (Å²) in [6, 6.07) is 11.8. The molecule has 2 aromatic rings. The first-order chi connectivity index (χ1) is 10.8. The van der Waals surface area contributed by atoms with Gasteiger partial charge in [0.15, 0.2) is 23.0 Å². The van der Waals surface area contributed by atoms with Crippen molar-refractivity contribution in [1.82, 2.24) is 0 Å². The van der Waals surface area contributed by atoms with Crippen molar-refractivity contribution in [3.63, 3.8) is 0 Å². The monoisotopic (exact) mass is 298 g/mol. The zero-order valence-corrected chi connectivity index (χ0v) is 12.9. The normalized spacial score (nSPS) is 13.1. The molecule has 0 bridgehead atoms. The molecule has 114 valence electrons. The summed E-state index contributed by atoms with van der Waals surface area (Å²) < 4.78 is 21.5. The van der Waals surface area contributed by atoms with Gasteiger partial charge in [-0.05, 0) is 47.9 Å². The molecular weight excluding hydrogens is 280 g/mol. The summed E-state index contributed by atoms with van der Waals surface area (Å²) in [6.45, 7) is 2.29. The van der Waals surface area contributed by atoms with Gasteiger partial charge < -0.3 is 18.9 Å². The summed E-state index contributed by atoms with van der Waals surface area (Å²) in [5, 5.41) is 0. The first kappa shape index (κ1) is 14.3. The van der Waals surface area contributed by atoms with Crippen molar-refractivity contribution in [3.8, 4) is 23.0 Å². The zero-order valence-electron chi connectivity index (χ0n) is 12.9. The number of benzene rings is 2. The third kappa shape index (κ3) is 2.48. The lowest BCUT2D eigenvalue weighted by Crippen LogP contribution is -1.94. The van der Waals surface area contributed by atoms with Crippen molar-refractivity contribution in [2.24, 2.45) is 0 Å². The van der Waals surface area contributed by atoms with E-state index in [1.165, 1.54) is 0 Å². The molecule has 2 aromatic carbocycles. The molecule has 0 spiro atoms. The van der Waals surface area contributed by atoms with Crippen molar-refractivity contribution in [1.29, 1.82) is 0 Å². The van der Waals surface area contributed by atoms with Crippen LogP contribution in [0, 0.1) is 0 Å². The van der Waals surface area contributed by atoms with Crippen molar-refractivity contribution in [2.45, 2.75) is 6.92 Å². The second kappa shape index (κ2) is 6.02. The van der Waals surface area contributed by atoms with E-state index in [1.54, 1.807) is 14.2 Å². The third-order valence-electron chi connectivity index (χ3n) is 3.67. The van der Waals surface area contributed by atoms with Crippen LogP contribution in [0.1, 0.15) is 18.1 Å². The van der Waals surface area contributed by atoms with Crippen LogP contribution in [0.4, 0.5) is 0 Å². The molecule has 1 aliphatic rings. The fourth-order valence-corrected chi connectivity index (χ4v) is 2.57. The Morgan fingerprint density at radius 2 is 1.59 bits per heavy atom. The molecule has 4 heteroatoms. The van der Waals surface area contributed by atoms with E-state index in [4.69, 9.17) is 18.9 Å². The molecule has 4 nitrogen and oxygen atoms in total. The van der Waals surface area contributed by atoms with Gasteiger partial charge in [0.05, 0.1) is 14.2 Å². The fourth-order valence-electron chi connectivity index (χ4n) is 2.57. The number of rotatable bonds is 4. The zero-order chi connectivity index (χ0) is 15.5. The topological polar surface area (TPSA) is 36.9 Å². The van der Waals surface area contributed by atoms with Crippen molar-refractivity contribution >= 4 is 5.57 Å². The van der Waals surface area contributed by atoms with Crippen LogP contribution in [0.5, 0.6) is 23.0 Å².